The van der Waals surface area contributed by atoms with E-state index >= 15 is 0 Å². The standard InChI is InChI=1S/C25H23BrN2O2/c1-16(2)29-20-11-8-18(9-12-20)25-28-23(21-14-19(26)10-13-24(21)30-25)15-22(27-28)17-6-4-3-5-7-17/h3-14,16,23,25H,15H2,1-2H3/t23-,25-/m0/s1. The van der Waals surface area contributed by atoms with Crippen LogP contribution in [0.2, 0.25) is 0 Å². The van der Waals surface area contributed by atoms with Gasteiger partial charge in [0, 0.05) is 22.0 Å². The van der Waals surface area contributed by atoms with Crippen molar-refractivity contribution in [2.75, 3.05) is 0 Å². The lowest BCUT2D eigenvalue weighted by atomic mass is 9.96. The Morgan fingerprint density at radius 1 is 1.03 bits per heavy atom. The molecule has 0 saturated heterocycles. The van der Waals surface area contributed by atoms with Crippen molar-refractivity contribution in [3.63, 3.8) is 0 Å². The smallest absolute Gasteiger partial charge is 0.213 e. The van der Waals surface area contributed by atoms with Crippen molar-refractivity contribution in [3.05, 3.63) is 94.0 Å². The summed E-state index contributed by atoms with van der Waals surface area (Å²) < 4.78 is 13.3. The van der Waals surface area contributed by atoms with Crippen LogP contribution in [-0.4, -0.2) is 16.8 Å². The molecule has 5 heteroatoms. The molecule has 5 rings (SSSR count). The molecule has 0 saturated carbocycles. The van der Waals surface area contributed by atoms with Gasteiger partial charge in [-0.3, -0.25) is 0 Å². The van der Waals surface area contributed by atoms with Crippen LogP contribution in [0.15, 0.2) is 82.4 Å². The Balaban J connectivity index is 1.53. The van der Waals surface area contributed by atoms with Gasteiger partial charge in [-0.2, -0.15) is 5.10 Å². The van der Waals surface area contributed by atoms with Gasteiger partial charge in [0.25, 0.3) is 0 Å². The third-order valence-corrected chi connectivity index (χ3v) is 5.89. The van der Waals surface area contributed by atoms with E-state index in [9.17, 15) is 0 Å². The third-order valence-electron chi connectivity index (χ3n) is 5.40. The van der Waals surface area contributed by atoms with Gasteiger partial charge in [-0.05, 0) is 61.9 Å². The lowest BCUT2D eigenvalue weighted by Crippen LogP contribution is -2.33. The third kappa shape index (κ3) is 3.58. The van der Waals surface area contributed by atoms with Gasteiger partial charge in [0.05, 0.1) is 17.9 Å². The Morgan fingerprint density at radius 3 is 2.53 bits per heavy atom. The SMILES string of the molecule is CC(C)Oc1ccc([C@@H]2Oc3ccc(Br)cc3[C@@H]3CC(c4ccccc4)=NN32)cc1. The molecule has 0 bridgehead atoms. The minimum Gasteiger partial charge on any atom is -0.491 e. The molecule has 0 fully saturated rings. The van der Waals surface area contributed by atoms with Crippen LogP contribution in [-0.2, 0) is 0 Å². The van der Waals surface area contributed by atoms with Gasteiger partial charge in [0.1, 0.15) is 11.5 Å². The number of hydrazone groups is 1. The highest BCUT2D eigenvalue weighted by Gasteiger charge is 2.41. The first-order valence-electron chi connectivity index (χ1n) is 10.2. The minimum absolute atomic E-state index is 0.137. The number of hydrogen-bond acceptors (Lipinski definition) is 4. The summed E-state index contributed by atoms with van der Waals surface area (Å²) in [5, 5.41) is 7.12. The maximum atomic E-state index is 6.45. The zero-order valence-corrected chi connectivity index (χ0v) is 18.5. The highest BCUT2D eigenvalue weighted by molar-refractivity contribution is 9.10. The Labute approximate surface area is 185 Å². The second kappa shape index (κ2) is 7.80. The van der Waals surface area contributed by atoms with E-state index in [-0.39, 0.29) is 18.4 Å². The minimum atomic E-state index is -0.280. The molecular formula is C25H23BrN2O2. The summed E-state index contributed by atoms with van der Waals surface area (Å²) in [5.41, 5.74) is 4.46. The van der Waals surface area contributed by atoms with Crippen molar-refractivity contribution >= 4 is 21.6 Å². The van der Waals surface area contributed by atoms with Crippen molar-refractivity contribution in [3.8, 4) is 11.5 Å². The first-order valence-corrected chi connectivity index (χ1v) is 11.0. The van der Waals surface area contributed by atoms with Gasteiger partial charge in [-0.25, -0.2) is 5.01 Å². The summed E-state index contributed by atoms with van der Waals surface area (Å²) in [6.45, 7) is 4.06. The summed E-state index contributed by atoms with van der Waals surface area (Å²) in [4.78, 5) is 0. The van der Waals surface area contributed by atoms with Crippen molar-refractivity contribution in [1.29, 1.82) is 0 Å². The van der Waals surface area contributed by atoms with Gasteiger partial charge in [0.15, 0.2) is 0 Å². The van der Waals surface area contributed by atoms with Crippen LogP contribution in [0.3, 0.4) is 0 Å². The second-order valence-corrected chi connectivity index (χ2v) is 8.82. The van der Waals surface area contributed by atoms with E-state index < -0.39 is 0 Å². The molecule has 152 valence electrons. The van der Waals surface area contributed by atoms with E-state index in [0.29, 0.717) is 0 Å². The molecule has 0 N–H and O–H groups in total. The molecule has 0 aromatic heterocycles. The average Bonchev–Trinajstić information content (AvgIpc) is 3.20. The van der Waals surface area contributed by atoms with E-state index in [1.165, 1.54) is 0 Å². The van der Waals surface area contributed by atoms with E-state index in [4.69, 9.17) is 14.6 Å². The molecule has 2 aliphatic heterocycles. The van der Waals surface area contributed by atoms with E-state index in [1.807, 2.05) is 44.2 Å². The Bertz CT molecular complexity index is 1080. The van der Waals surface area contributed by atoms with E-state index in [1.54, 1.807) is 0 Å². The summed E-state index contributed by atoms with van der Waals surface area (Å²) in [6, 6.07) is 24.9. The number of fused-ring (bicyclic) bond motifs is 3. The summed E-state index contributed by atoms with van der Waals surface area (Å²) >= 11 is 3.61. The van der Waals surface area contributed by atoms with Crippen LogP contribution in [0.4, 0.5) is 0 Å². The lowest BCUT2D eigenvalue weighted by molar-refractivity contribution is -0.0191. The summed E-state index contributed by atoms with van der Waals surface area (Å²) in [5.74, 6) is 1.77. The molecule has 0 aliphatic carbocycles. The van der Waals surface area contributed by atoms with E-state index in [0.717, 1.165) is 44.8 Å². The van der Waals surface area contributed by atoms with Crippen LogP contribution in [0, 0.1) is 0 Å². The van der Waals surface area contributed by atoms with Gasteiger partial charge >= 0.3 is 0 Å². The number of halogens is 1. The van der Waals surface area contributed by atoms with Gasteiger partial charge < -0.3 is 9.47 Å². The second-order valence-electron chi connectivity index (χ2n) is 7.90. The van der Waals surface area contributed by atoms with Crippen LogP contribution in [0.1, 0.15) is 49.2 Å². The van der Waals surface area contributed by atoms with Crippen LogP contribution in [0.25, 0.3) is 0 Å². The van der Waals surface area contributed by atoms with Crippen molar-refractivity contribution in [2.24, 2.45) is 5.10 Å². The van der Waals surface area contributed by atoms with Crippen molar-refractivity contribution in [2.45, 2.75) is 38.6 Å². The van der Waals surface area contributed by atoms with E-state index in [2.05, 4.69) is 63.4 Å². The molecule has 2 heterocycles. The first kappa shape index (κ1) is 19.2. The molecule has 0 spiro atoms. The molecule has 0 radical (unpaired) electrons. The largest absolute Gasteiger partial charge is 0.491 e. The Morgan fingerprint density at radius 2 is 1.80 bits per heavy atom. The highest BCUT2D eigenvalue weighted by atomic mass is 79.9. The zero-order chi connectivity index (χ0) is 20.7. The zero-order valence-electron chi connectivity index (χ0n) is 17.0. The van der Waals surface area contributed by atoms with Crippen LogP contribution >= 0.6 is 15.9 Å². The molecule has 2 aliphatic rings. The molecule has 30 heavy (non-hydrogen) atoms. The molecule has 3 aromatic rings. The fourth-order valence-corrected chi connectivity index (χ4v) is 4.45. The predicted molar refractivity (Wildman–Crippen MR) is 122 cm³/mol. The number of rotatable bonds is 4. The monoisotopic (exact) mass is 462 g/mol. The molecule has 3 aromatic carbocycles. The fraction of sp³-hybridized carbons (Fsp3) is 0.240. The van der Waals surface area contributed by atoms with Gasteiger partial charge in [-0.15, -0.1) is 0 Å². The van der Waals surface area contributed by atoms with Gasteiger partial charge in [-0.1, -0.05) is 46.3 Å². The van der Waals surface area contributed by atoms with Crippen LogP contribution < -0.4 is 9.47 Å². The lowest BCUT2D eigenvalue weighted by Gasteiger charge is -2.38. The maximum absolute atomic E-state index is 6.45. The van der Waals surface area contributed by atoms with Crippen molar-refractivity contribution in [1.82, 2.24) is 5.01 Å². The Kier molecular flexibility index (Phi) is 4.99. The highest BCUT2D eigenvalue weighted by Crippen LogP contribution is 2.48. The number of ether oxygens (including phenoxy) is 2. The normalized spacial score (nSPS) is 19.7. The molecule has 0 amide bonds. The summed E-state index contributed by atoms with van der Waals surface area (Å²) in [7, 11) is 0. The average molecular weight is 463 g/mol. The molecular weight excluding hydrogens is 440 g/mol. The topological polar surface area (TPSA) is 34.1 Å². The van der Waals surface area contributed by atoms with Crippen LogP contribution in [0.5, 0.6) is 11.5 Å². The maximum Gasteiger partial charge on any atom is 0.213 e. The summed E-state index contributed by atoms with van der Waals surface area (Å²) in [6.07, 6.45) is 0.716. The fourth-order valence-electron chi connectivity index (χ4n) is 4.07. The molecule has 0 unspecified atom stereocenters. The molecule has 2 atom stereocenters. The molecule has 4 nitrogen and oxygen atoms in total. The number of hydrogen-bond donors (Lipinski definition) is 0. The van der Waals surface area contributed by atoms with Crippen molar-refractivity contribution < 1.29 is 9.47 Å². The van der Waals surface area contributed by atoms with Gasteiger partial charge in [0.2, 0.25) is 6.23 Å². The number of nitrogens with zero attached hydrogens (tertiary/aromatic N) is 2. The quantitative estimate of drug-likeness (QED) is 0.444. The predicted octanol–water partition coefficient (Wildman–Crippen LogP) is 6.48. The number of benzene rings is 3. The first-order chi connectivity index (χ1) is 14.6. The Hall–Kier alpha value is -2.79.